The summed E-state index contributed by atoms with van der Waals surface area (Å²) < 4.78 is 6.47. The maximum absolute atomic E-state index is 5.77. The molecule has 0 aromatic carbocycles. The van der Waals surface area contributed by atoms with E-state index in [0.717, 1.165) is 6.54 Å². The van der Waals surface area contributed by atoms with Crippen LogP contribution in [0.4, 0.5) is 0 Å². The Kier molecular flexibility index (Phi) is 2.17. The Balaban J connectivity index is 2.97. The van der Waals surface area contributed by atoms with Crippen molar-refractivity contribution in [3.05, 3.63) is 11.3 Å². The summed E-state index contributed by atoms with van der Waals surface area (Å²) in [5.41, 5.74) is 0. The lowest BCUT2D eigenvalue weighted by Gasteiger charge is -1.96. The maximum atomic E-state index is 5.77. The molecule has 0 saturated carbocycles. The third-order valence-corrected chi connectivity index (χ3v) is 1.56. The second-order valence-corrected chi connectivity index (χ2v) is 2.11. The molecule has 1 heterocycles. The van der Waals surface area contributed by atoms with Crippen molar-refractivity contribution < 1.29 is 4.74 Å². The van der Waals surface area contributed by atoms with Crippen molar-refractivity contribution in [2.24, 2.45) is 0 Å². The predicted octanol–water partition coefficient (Wildman–Crippen LogP) is 1.37. The number of rotatable bonds is 2. The number of aromatic nitrogens is 2. The number of ether oxygens (including phenoxy) is 1. The number of halogens is 1. The molecule has 4 heteroatoms. The van der Waals surface area contributed by atoms with Gasteiger partial charge in [0.25, 0.3) is 0 Å². The van der Waals surface area contributed by atoms with E-state index in [9.17, 15) is 0 Å². The fraction of sp³-hybridized carbons (Fsp3) is 0.500. The third-order valence-electron chi connectivity index (χ3n) is 1.19. The molecule has 10 heavy (non-hydrogen) atoms. The van der Waals surface area contributed by atoms with E-state index in [-0.39, 0.29) is 0 Å². The Labute approximate surface area is 64.6 Å². The average Bonchev–Trinajstić information content (AvgIpc) is 2.30. The summed E-state index contributed by atoms with van der Waals surface area (Å²) in [7, 11) is 1.54. The molecule has 1 radical (unpaired) electrons. The van der Waals surface area contributed by atoms with Crippen molar-refractivity contribution in [2.45, 2.75) is 13.5 Å². The highest BCUT2D eigenvalue weighted by atomic mass is 35.5. The summed E-state index contributed by atoms with van der Waals surface area (Å²) in [6, 6.07) is 0. The lowest BCUT2D eigenvalue weighted by Crippen LogP contribution is -1.95. The molecule has 0 amide bonds. The van der Waals surface area contributed by atoms with E-state index in [1.807, 2.05) is 6.92 Å². The second kappa shape index (κ2) is 2.92. The van der Waals surface area contributed by atoms with Gasteiger partial charge >= 0.3 is 0 Å². The first kappa shape index (κ1) is 7.41. The minimum absolute atomic E-state index is 0.503. The highest BCUT2D eigenvalue weighted by molar-refractivity contribution is 6.30. The number of nitrogens with zero attached hydrogens (tertiary/aromatic N) is 2. The molecule has 0 aliphatic rings. The molecular formula is C6H8ClN2O. The van der Waals surface area contributed by atoms with Crippen LogP contribution in [-0.4, -0.2) is 16.9 Å². The van der Waals surface area contributed by atoms with Crippen LogP contribution in [0, 0.1) is 6.20 Å². The summed E-state index contributed by atoms with van der Waals surface area (Å²) in [4.78, 5) is 0. The minimum Gasteiger partial charge on any atom is -0.491 e. The zero-order valence-corrected chi connectivity index (χ0v) is 6.64. The number of aryl methyl sites for hydroxylation is 1. The zero-order valence-electron chi connectivity index (χ0n) is 5.89. The molecule has 0 unspecified atom stereocenters. The van der Waals surface area contributed by atoms with E-state index in [4.69, 9.17) is 16.3 Å². The average molecular weight is 160 g/mol. The van der Waals surface area contributed by atoms with Gasteiger partial charge in [0.2, 0.25) is 0 Å². The Bertz CT molecular complexity index is 200. The summed E-state index contributed by atoms with van der Waals surface area (Å²) in [5, 5.41) is 4.34. The van der Waals surface area contributed by atoms with Crippen LogP contribution in [0.3, 0.4) is 0 Å². The monoisotopic (exact) mass is 159 g/mol. The quantitative estimate of drug-likeness (QED) is 0.652. The lowest BCUT2D eigenvalue weighted by molar-refractivity contribution is 0.413. The molecule has 0 N–H and O–H groups in total. The Morgan fingerprint density at radius 3 is 2.80 bits per heavy atom. The summed E-state index contributed by atoms with van der Waals surface area (Å²) in [5.74, 6) is 0.503. The largest absolute Gasteiger partial charge is 0.491 e. The Morgan fingerprint density at radius 2 is 2.50 bits per heavy atom. The van der Waals surface area contributed by atoms with Crippen LogP contribution in [-0.2, 0) is 6.54 Å². The summed E-state index contributed by atoms with van der Waals surface area (Å²) in [6.45, 7) is 2.69. The van der Waals surface area contributed by atoms with Gasteiger partial charge in [-0.15, -0.1) is 0 Å². The van der Waals surface area contributed by atoms with Gasteiger partial charge in [0.1, 0.15) is 0 Å². The molecule has 0 spiro atoms. The Hall–Kier alpha value is -0.700. The fourth-order valence-corrected chi connectivity index (χ4v) is 0.929. The van der Waals surface area contributed by atoms with E-state index in [2.05, 4.69) is 11.3 Å². The van der Waals surface area contributed by atoms with Crippen LogP contribution in [0.25, 0.3) is 0 Å². The smallest absolute Gasteiger partial charge is 0.185 e. The molecule has 0 saturated heterocycles. The number of methoxy groups -OCH3 is 1. The summed E-state index contributed by atoms with van der Waals surface area (Å²) >= 11 is 5.77. The molecule has 0 atom stereocenters. The van der Waals surface area contributed by atoms with Gasteiger partial charge in [-0.1, -0.05) is 11.6 Å². The standard InChI is InChI=1S/C6H8ClN2O/c1-3-9-6(7)5(10-2)4-8-9/h3H2,1-2H3. The van der Waals surface area contributed by atoms with Crippen molar-refractivity contribution in [2.75, 3.05) is 7.11 Å². The third kappa shape index (κ3) is 1.09. The number of hydrogen-bond acceptors (Lipinski definition) is 2. The topological polar surface area (TPSA) is 27.1 Å². The van der Waals surface area contributed by atoms with Crippen molar-refractivity contribution in [1.82, 2.24) is 9.78 Å². The molecular weight excluding hydrogens is 152 g/mol. The summed E-state index contributed by atoms with van der Waals surface area (Å²) in [6.07, 6.45) is 2.63. The van der Waals surface area contributed by atoms with Crippen LogP contribution in [0.1, 0.15) is 6.92 Å². The highest BCUT2D eigenvalue weighted by Crippen LogP contribution is 2.21. The van der Waals surface area contributed by atoms with Gasteiger partial charge < -0.3 is 4.74 Å². The van der Waals surface area contributed by atoms with Crippen LogP contribution in [0.2, 0.25) is 5.15 Å². The minimum atomic E-state index is 0.503. The van der Waals surface area contributed by atoms with E-state index in [0.29, 0.717) is 10.9 Å². The molecule has 0 bridgehead atoms. The van der Waals surface area contributed by atoms with Gasteiger partial charge in [-0.05, 0) is 6.92 Å². The van der Waals surface area contributed by atoms with E-state index >= 15 is 0 Å². The molecule has 0 aliphatic carbocycles. The second-order valence-electron chi connectivity index (χ2n) is 1.75. The van der Waals surface area contributed by atoms with Gasteiger partial charge in [0.15, 0.2) is 17.1 Å². The molecule has 0 fully saturated rings. The molecule has 55 valence electrons. The van der Waals surface area contributed by atoms with Crippen LogP contribution in [0.15, 0.2) is 0 Å². The molecule has 3 nitrogen and oxygen atoms in total. The number of hydrogen-bond donors (Lipinski definition) is 0. The van der Waals surface area contributed by atoms with Crippen LogP contribution < -0.4 is 4.74 Å². The molecule has 1 aromatic rings. The maximum Gasteiger partial charge on any atom is 0.185 e. The van der Waals surface area contributed by atoms with Gasteiger partial charge in [0, 0.05) is 6.54 Å². The highest BCUT2D eigenvalue weighted by Gasteiger charge is 2.06. The Morgan fingerprint density at radius 1 is 1.80 bits per heavy atom. The lowest BCUT2D eigenvalue weighted by atomic mass is 10.6. The first-order chi connectivity index (χ1) is 4.79. The normalized spacial score (nSPS) is 9.90. The van der Waals surface area contributed by atoms with Gasteiger partial charge in [-0.25, -0.2) is 0 Å². The molecule has 1 aromatic heterocycles. The molecule has 0 aliphatic heterocycles. The van der Waals surface area contributed by atoms with Crippen LogP contribution in [0.5, 0.6) is 5.75 Å². The van der Waals surface area contributed by atoms with Gasteiger partial charge in [0.05, 0.1) is 7.11 Å². The SMILES string of the molecule is CCn1n[c]c(OC)c1Cl. The first-order valence-electron chi connectivity index (χ1n) is 2.97. The van der Waals surface area contributed by atoms with Crippen molar-refractivity contribution >= 4 is 11.6 Å². The fourth-order valence-electron chi connectivity index (χ4n) is 0.652. The van der Waals surface area contributed by atoms with E-state index in [1.165, 1.54) is 0 Å². The van der Waals surface area contributed by atoms with Crippen LogP contribution >= 0.6 is 11.6 Å². The van der Waals surface area contributed by atoms with Crippen molar-refractivity contribution in [3.63, 3.8) is 0 Å². The van der Waals surface area contributed by atoms with E-state index in [1.54, 1.807) is 11.8 Å². The first-order valence-corrected chi connectivity index (χ1v) is 3.35. The van der Waals surface area contributed by atoms with Gasteiger partial charge in [-0.3, -0.25) is 4.68 Å². The predicted molar refractivity (Wildman–Crippen MR) is 38.3 cm³/mol. The van der Waals surface area contributed by atoms with Gasteiger partial charge in [-0.2, -0.15) is 5.10 Å². The zero-order chi connectivity index (χ0) is 7.56. The molecule has 1 rings (SSSR count). The van der Waals surface area contributed by atoms with Crippen molar-refractivity contribution in [3.8, 4) is 5.75 Å². The van der Waals surface area contributed by atoms with Crippen molar-refractivity contribution in [1.29, 1.82) is 0 Å². The van der Waals surface area contributed by atoms with E-state index < -0.39 is 0 Å².